The second-order valence-corrected chi connectivity index (χ2v) is 5.42. The second-order valence-electron chi connectivity index (χ2n) is 5.42. The number of halogens is 3. The quantitative estimate of drug-likeness (QED) is 0.626. The summed E-state index contributed by atoms with van der Waals surface area (Å²) < 4.78 is 51.8. The third-order valence-corrected chi connectivity index (χ3v) is 3.25. The number of carbonyl (C=O) groups excluding carboxylic acids is 3. The Morgan fingerprint density at radius 1 is 1.25 bits per heavy atom. The average Bonchev–Trinajstić information content (AvgIpc) is 2.64. The van der Waals surface area contributed by atoms with Gasteiger partial charge >= 0.3 is 18.2 Å². The van der Waals surface area contributed by atoms with E-state index in [2.05, 4.69) is 14.5 Å². The molecule has 0 saturated heterocycles. The van der Waals surface area contributed by atoms with Crippen LogP contribution in [0.4, 0.5) is 18.0 Å². The smallest absolute Gasteiger partial charge is 0.422 e. The fourth-order valence-electron chi connectivity index (χ4n) is 1.84. The van der Waals surface area contributed by atoms with Gasteiger partial charge in [-0.15, -0.1) is 0 Å². The standard InChI is InChI=1S/C16H20F3N3O6/c1-3-10(4-2)27-14(24)9-5-11(26-8-16(17,18)19)13(21-7-9)28-15(25)22-12(23)6-20/h5,7,10H,3-4,6,8,20H2,1-2H3,(H,22,23,25). The molecule has 1 aromatic rings. The van der Waals surface area contributed by atoms with Crippen molar-refractivity contribution < 1.29 is 41.8 Å². The molecule has 0 aliphatic heterocycles. The highest BCUT2D eigenvalue weighted by atomic mass is 19.4. The molecular weight excluding hydrogens is 387 g/mol. The summed E-state index contributed by atoms with van der Waals surface area (Å²) in [5, 5.41) is 1.72. The van der Waals surface area contributed by atoms with Crippen molar-refractivity contribution in [3.63, 3.8) is 0 Å². The van der Waals surface area contributed by atoms with E-state index in [9.17, 15) is 27.6 Å². The summed E-state index contributed by atoms with van der Waals surface area (Å²) in [4.78, 5) is 38.4. The first-order chi connectivity index (χ1) is 13.1. The molecule has 1 rings (SSSR count). The van der Waals surface area contributed by atoms with Crippen LogP contribution in [0.3, 0.4) is 0 Å². The molecule has 0 fully saturated rings. The Hall–Kier alpha value is -2.89. The van der Waals surface area contributed by atoms with Crippen LogP contribution in [-0.4, -0.2) is 48.4 Å². The van der Waals surface area contributed by atoms with Gasteiger partial charge in [-0.1, -0.05) is 13.8 Å². The lowest BCUT2D eigenvalue weighted by atomic mass is 10.2. The van der Waals surface area contributed by atoms with Gasteiger partial charge in [-0.2, -0.15) is 13.2 Å². The van der Waals surface area contributed by atoms with E-state index in [4.69, 9.17) is 10.5 Å². The largest absolute Gasteiger partial charge is 0.478 e. The Balaban J connectivity index is 3.06. The highest BCUT2D eigenvalue weighted by Crippen LogP contribution is 2.28. The van der Waals surface area contributed by atoms with Crippen LogP contribution in [0.25, 0.3) is 0 Å². The molecule has 3 N–H and O–H groups in total. The molecule has 0 aromatic carbocycles. The normalized spacial score (nSPS) is 11.1. The molecule has 0 aliphatic rings. The Kier molecular flexibility index (Phi) is 8.64. The van der Waals surface area contributed by atoms with Gasteiger partial charge in [0.1, 0.15) is 6.10 Å². The Labute approximate surface area is 158 Å². The minimum atomic E-state index is -4.69. The van der Waals surface area contributed by atoms with E-state index in [0.29, 0.717) is 12.8 Å². The van der Waals surface area contributed by atoms with E-state index >= 15 is 0 Å². The van der Waals surface area contributed by atoms with Gasteiger partial charge < -0.3 is 19.9 Å². The molecule has 0 saturated carbocycles. The van der Waals surface area contributed by atoms with Gasteiger partial charge in [0.25, 0.3) is 5.88 Å². The van der Waals surface area contributed by atoms with Crippen LogP contribution < -0.4 is 20.5 Å². The minimum Gasteiger partial charge on any atom is -0.478 e. The van der Waals surface area contributed by atoms with Gasteiger partial charge in [0, 0.05) is 12.3 Å². The fraction of sp³-hybridized carbons (Fsp3) is 0.500. The molecule has 0 bridgehead atoms. The highest BCUT2D eigenvalue weighted by molar-refractivity contribution is 5.93. The lowest BCUT2D eigenvalue weighted by Gasteiger charge is -2.16. The van der Waals surface area contributed by atoms with Crippen molar-refractivity contribution in [3.8, 4) is 11.6 Å². The maximum absolute atomic E-state index is 12.5. The van der Waals surface area contributed by atoms with Crippen LogP contribution in [-0.2, 0) is 9.53 Å². The molecule has 0 aliphatic carbocycles. The zero-order chi connectivity index (χ0) is 21.3. The van der Waals surface area contributed by atoms with Crippen LogP contribution in [0.1, 0.15) is 37.0 Å². The average molecular weight is 407 g/mol. The number of amides is 2. The molecule has 0 atom stereocenters. The summed E-state index contributed by atoms with van der Waals surface area (Å²) in [6.07, 6.45) is -4.37. The monoisotopic (exact) mass is 407 g/mol. The van der Waals surface area contributed by atoms with Crippen LogP contribution in [0.5, 0.6) is 11.6 Å². The molecule has 1 heterocycles. The maximum atomic E-state index is 12.5. The summed E-state index contributed by atoms with van der Waals surface area (Å²) in [6, 6.07) is 0.900. The zero-order valence-electron chi connectivity index (χ0n) is 15.2. The molecule has 2 amide bonds. The number of hydrogen-bond acceptors (Lipinski definition) is 8. The van der Waals surface area contributed by atoms with Crippen molar-refractivity contribution in [2.24, 2.45) is 5.73 Å². The first kappa shape index (κ1) is 23.1. The third-order valence-electron chi connectivity index (χ3n) is 3.25. The van der Waals surface area contributed by atoms with Crippen molar-refractivity contribution in [3.05, 3.63) is 17.8 Å². The summed E-state index contributed by atoms with van der Waals surface area (Å²) in [5.41, 5.74) is 4.82. The highest BCUT2D eigenvalue weighted by Gasteiger charge is 2.30. The number of hydrogen-bond donors (Lipinski definition) is 2. The number of imide groups is 1. The number of ether oxygens (including phenoxy) is 3. The van der Waals surface area contributed by atoms with E-state index in [0.717, 1.165) is 12.3 Å². The van der Waals surface area contributed by atoms with Crippen LogP contribution >= 0.6 is 0 Å². The lowest BCUT2D eigenvalue weighted by molar-refractivity contribution is -0.153. The van der Waals surface area contributed by atoms with Crippen molar-refractivity contribution in [2.45, 2.75) is 39.0 Å². The molecule has 0 spiro atoms. The van der Waals surface area contributed by atoms with Gasteiger partial charge in [-0.3, -0.25) is 10.1 Å². The first-order valence-corrected chi connectivity index (χ1v) is 8.21. The van der Waals surface area contributed by atoms with Gasteiger partial charge in [-0.05, 0) is 12.8 Å². The van der Waals surface area contributed by atoms with Gasteiger partial charge in [0.2, 0.25) is 5.91 Å². The number of nitrogens with zero attached hydrogens (tertiary/aromatic N) is 1. The number of aromatic nitrogens is 1. The molecular formula is C16H20F3N3O6. The molecule has 156 valence electrons. The molecule has 0 unspecified atom stereocenters. The Bertz CT molecular complexity index is 707. The topological polar surface area (TPSA) is 130 Å². The predicted octanol–water partition coefficient (Wildman–Crippen LogP) is 1.94. The van der Waals surface area contributed by atoms with Gasteiger partial charge in [-0.25, -0.2) is 14.6 Å². The minimum absolute atomic E-state index is 0.199. The number of pyridine rings is 1. The molecule has 12 heteroatoms. The van der Waals surface area contributed by atoms with Crippen molar-refractivity contribution >= 4 is 18.0 Å². The Morgan fingerprint density at radius 3 is 2.43 bits per heavy atom. The fourth-order valence-corrected chi connectivity index (χ4v) is 1.84. The summed E-state index contributed by atoms with van der Waals surface area (Å²) >= 11 is 0. The lowest BCUT2D eigenvalue weighted by Crippen LogP contribution is -2.37. The zero-order valence-corrected chi connectivity index (χ0v) is 15.2. The second kappa shape index (κ2) is 10.4. The van der Waals surface area contributed by atoms with E-state index in [1.165, 1.54) is 0 Å². The molecule has 1 aromatic heterocycles. The molecule has 28 heavy (non-hydrogen) atoms. The van der Waals surface area contributed by atoms with E-state index in [1.807, 2.05) is 0 Å². The number of esters is 1. The van der Waals surface area contributed by atoms with Crippen molar-refractivity contribution in [1.29, 1.82) is 0 Å². The number of alkyl halides is 3. The van der Waals surface area contributed by atoms with E-state index < -0.39 is 48.9 Å². The number of nitrogens with two attached hydrogens (primary N) is 1. The maximum Gasteiger partial charge on any atom is 0.422 e. The van der Waals surface area contributed by atoms with E-state index in [-0.39, 0.29) is 11.7 Å². The SMILES string of the molecule is CCC(CC)OC(=O)c1cnc(OC(=O)NC(=O)CN)c(OCC(F)(F)F)c1. The number of nitrogens with one attached hydrogen (secondary N) is 1. The molecule has 0 radical (unpaired) electrons. The molecule has 9 nitrogen and oxygen atoms in total. The van der Waals surface area contributed by atoms with Crippen molar-refractivity contribution in [2.75, 3.05) is 13.2 Å². The third kappa shape index (κ3) is 7.78. The van der Waals surface area contributed by atoms with Crippen molar-refractivity contribution in [1.82, 2.24) is 10.3 Å². The number of rotatable bonds is 8. The van der Waals surface area contributed by atoms with Gasteiger partial charge in [0.15, 0.2) is 12.4 Å². The van der Waals surface area contributed by atoms with Crippen LogP contribution in [0.15, 0.2) is 12.3 Å². The van der Waals surface area contributed by atoms with Gasteiger partial charge in [0.05, 0.1) is 12.1 Å². The predicted molar refractivity (Wildman–Crippen MR) is 88.8 cm³/mol. The van der Waals surface area contributed by atoms with E-state index in [1.54, 1.807) is 19.2 Å². The van der Waals surface area contributed by atoms with Crippen LogP contribution in [0.2, 0.25) is 0 Å². The summed E-state index contributed by atoms with van der Waals surface area (Å²) in [6.45, 7) is 1.37. The number of carbonyl (C=O) groups is 3. The Morgan fingerprint density at radius 2 is 1.89 bits per heavy atom. The van der Waals surface area contributed by atoms with Crippen LogP contribution in [0, 0.1) is 0 Å². The summed E-state index contributed by atoms with van der Waals surface area (Å²) in [7, 11) is 0. The summed E-state index contributed by atoms with van der Waals surface area (Å²) in [5.74, 6) is -3.02. The first-order valence-electron chi connectivity index (χ1n) is 8.21.